The van der Waals surface area contributed by atoms with Gasteiger partial charge in [-0.05, 0) is 0 Å². The molecule has 6 nitrogen and oxygen atoms in total. The molecular formula is C8H8ClN5O. The highest BCUT2D eigenvalue weighted by Gasteiger charge is 2.08. The third-order valence-electron chi connectivity index (χ3n) is 1.66. The van der Waals surface area contributed by atoms with Gasteiger partial charge < -0.3 is 4.74 Å². The molecule has 2 heterocycles. The predicted octanol–water partition coefficient (Wildman–Crippen LogP) is 1.14. The highest BCUT2D eigenvalue weighted by molar-refractivity contribution is 6.17. The van der Waals surface area contributed by atoms with Crippen LogP contribution in [0.1, 0.15) is 5.56 Å². The molecular weight excluding hydrogens is 218 g/mol. The van der Waals surface area contributed by atoms with Crippen LogP contribution in [-0.4, -0.2) is 24.7 Å². The molecule has 0 amide bonds. The molecule has 0 aliphatic carbocycles. The minimum atomic E-state index is 0.238. The maximum atomic E-state index is 5.70. The predicted molar refractivity (Wildman–Crippen MR) is 52.7 cm³/mol. The minimum absolute atomic E-state index is 0.238. The maximum absolute atomic E-state index is 5.70. The number of alkyl halides is 1. The minimum Gasteiger partial charge on any atom is -0.404 e. The Morgan fingerprint density at radius 2 is 2.33 bits per heavy atom. The highest BCUT2D eigenvalue weighted by Crippen LogP contribution is 2.19. The average Bonchev–Trinajstić information content (AvgIpc) is 2.65. The molecule has 7 heteroatoms. The molecule has 0 unspecified atom stereocenters. The first-order valence-corrected chi connectivity index (χ1v) is 4.71. The lowest BCUT2D eigenvalue weighted by Crippen LogP contribution is -1.96. The van der Waals surface area contributed by atoms with E-state index in [2.05, 4.69) is 20.1 Å². The van der Waals surface area contributed by atoms with E-state index in [4.69, 9.17) is 16.3 Å². The van der Waals surface area contributed by atoms with Gasteiger partial charge in [0.2, 0.25) is 5.88 Å². The lowest BCUT2D eigenvalue weighted by molar-refractivity contribution is 0.417. The van der Waals surface area contributed by atoms with E-state index in [-0.39, 0.29) is 11.9 Å². The van der Waals surface area contributed by atoms with E-state index in [0.717, 1.165) is 0 Å². The summed E-state index contributed by atoms with van der Waals surface area (Å²) in [5.74, 6) is 0.662. The van der Waals surface area contributed by atoms with Crippen LogP contribution in [-0.2, 0) is 12.9 Å². The summed E-state index contributed by atoms with van der Waals surface area (Å²) in [7, 11) is 1.75. The molecule has 0 aliphatic heterocycles. The molecule has 0 bridgehead atoms. The van der Waals surface area contributed by atoms with Gasteiger partial charge in [-0.3, -0.25) is 4.68 Å². The summed E-state index contributed by atoms with van der Waals surface area (Å²) in [5.41, 5.74) is 0.701. The third kappa shape index (κ3) is 2.21. The van der Waals surface area contributed by atoms with Gasteiger partial charge >= 0.3 is 6.01 Å². The van der Waals surface area contributed by atoms with Gasteiger partial charge in [-0.1, -0.05) is 0 Å². The summed E-state index contributed by atoms with van der Waals surface area (Å²) in [6.07, 6.45) is 4.52. The van der Waals surface area contributed by atoms with E-state index >= 15 is 0 Å². The smallest absolute Gasteiger partial charge is 0.342 e. The quantitative estimate of drug-likeness (QED) is 0.733. The van der Waals surface area contributed by atoms with Gasteiger partial charge in [-0.15, -0.1) is 16.7 Å². The topological polar surface area (TPSA) is 65.7 Å². The van der Waals surface area contributed by atoms with Crippen LogP contribution in [0.15, 0.2) is 18.9 Å². The summed E-state index contributed by atoms with van der Waals surface area (Å²) in [5, 5.41) is 3.96. The normalized spacial score (nSPS) is 10.3. The Labute approximate surface area is 90.9 Å². The number of hydrogen-bond donors (Lipinski definition) is 0. The summed E-state index contributed by atoms with van der Waals surface area (Å²) < 4.78 is 6.88. The van der Waals surface area contributed by atoms with Crippen LogP contribution in [0.3, 0.4) is 0 Å². The van der Waals surface area contributed by atoms with Crippen LogP contribution >= 0.6 is 11.6 Å². The average molecular weight is 226 g/mol. The van der Waals surface area contributed by atoms with Crippen molar-refractivity contribution in [1.29, 1.82) is 0 Å². The van der Waals surface area contributed by atoms with Crippen molar-refractivity contribution in [3.8, 4) is 11.9 Å². The van der Waals surface area contributed by atoms with Crippen molar-refractivity contribution in [2.24, 2.45) is 7.05 Å². The van der Waals surface area contributed by atoms with Crippen molar-refractivity contribution < 1.29 is 4.74 Å². The summed E-state index contributed by atoms with van der Waals surface area (Å²) in [6.45, 7) is 0. The van der Waals surface area contributed by atoms with Crippen molar-refractivity contribution in [1.82, 2.24) is 24.7 Å². The van der Waals surface area contributed by atoms with Crippen LogP contribution in [0.2, 0.25) is 0 Å². The number of ether oxygens (including phenoxy) is 1. The zero-order valence-corrected chi connectivity index (χ0v) is 8.72. The molecule has 2 aromatic rings. The third-order valence-corrected chi connectivity index (χ3v) is 1.95. The lowest BCUT2D eigenvalue weighted by atomic mass is 10.4. The molecule has 0 aliphatic rings. The molecule has 2 aromatic heterocycles. The van der Waals surface area contributed by atoms with Crippen LogP contribution in [0.25, 0.3) is 0 Å². The molecule has 15 heavy (non-hydrogen) atoms. The summed E-state index contributed by atoms with van der Waals surface area (Å²) in [4.78, 5) is 11.7. The molecule has 0 atom stereocenters. The first kappa shape index (κ1) is 9.85. The van der Waals surface area contributed by atoms with Crippen LogP contribution < -0.4 is 4.74 Å². The van der Waals surface area contributed by atoms with Gasteiger partial charge in [-0.25, -0.2) is 9.97 Å². The largest absolute Gasteiger partial charge is 0.404 e. The fraction of sp³-hybridized carbons (Fsp3) is 0.250. The molecule has 0 spiro atoms. The van der Waals surface area contributed by atoms with Gasteiger partial charge in [-0.2, -0.15) is 4.98 Å². The van der Waals surface area contributed by atoms with Gasteiger partial charge in [0.25, 0.3) is 0 Å². The van der Waals surface area contributed by atoms with Crippen molar-refractivity contribution in [2.45, 2.75) is 5.88 Å². The van der Waals surface area contributed by atoms with Crippen LogP contribution in [0.5, 0.6) is 11.9 Å². The van der Waals surface area contributed by atoms with Gasteiger partial charge in [0.05, 0.1) is 5.88 Å². The van der Waals surface area contributed by atoms with Gasteiger partial charge in [0, 0.05) is 18.8 Å². The second-order valence-corrected chi connectivity index (χ2v) is 3.06. The number of aromatic nitrogens is 5. The Hall–Kier alpha value is -1.69. The highest BCUT2D eigenvalue weighted by atomic mass is 35.5. The Morgan fingerprint density at radius 3 is 3.00 bits per heavy atom. The molecule has 0 aromatic carbocycles. The number of nitrogens with zero attached hydrogens (tertiary/aromatic N) is 5. The van der Waals surface area contributed by atoms with Gasteiger partial charge in [0.15, 0.2) is 0 Å². The number of halogens is 1. The van der Waals surface area contributed by atoms with E-state index in [0.29, 0.717) is 11.4 Å². The SMILES string of the molecule is Cn1cnc(Oc2ncncc2CCl)n1. The molecule has 2 rings (SSSR count). The molecule has 0 saturated heterocycles. The van der Waals surface area contributed by atoms with E-state index in [9.17, 15) is 0 Å². The van der Waals surface area contributed by atoms with E-state index in [1.807, 2.05) is 0 Å². The Kier molecular flexibility index (Phi) is 2.77. The fourth-order valence-electron chi connectivity index (χ4n) is 0.984. The Morgan fingerprint density at radius 1 is 1.47 bits per heavy atom. The lowest BCUT2D eigenvalue weighted by Gasteiger charge is -2.02. The van der Waals surface area contributed by atoms with Gasteiger partial charge in [0.1, 0.15) is 12.7 Å². The Balaban J connectivity index is 2.23. The zero-order valence-electron chi connectivity index (χ0n) is 7.96. The second kappa shape index (κ2) is 4.22. The summed E-state index contributed by atoms with van der Waals surface area (Å²) in [6, 6.07) is 0.238. The number of aryl methyl sites for hydroxylation is 1. The standard InChI is InChI=1S/C8H8ClN5O/c1-14-5-12-8(13-14)15-7-6(2-9)3-10-4-11-7/h3-5H,2H2,1H3. The van der Waals surface area contributed by atoms with Crippen molar-refractivity contribution in [3.05, 3.63) is 24.4 Å². The molecule has 0 radical (unpaired) electrons. The van der Waals surface area contributed by atoms with Crippen molar-refractivity contribution in [2.75, 3.05) is 0 Å². The number of hydrogen-bond acceptors (Lipinski definition) is 5. The van der Waals surface area contributed by atoms with Crippen LogP contribution in [0.4, 0.5) is 0 Å². The monoisotopic (exact) mass is 225 g/mol. The zero-order chi connectivity index (χ0) is 10.7. The fourth-order valence-corrected chi connectivity index (χ4v) is 1.17. The first-order valence-electron chi connectivity index (χ1n) is 4.18. The number of rotatable bonds is 3. The molecule has 0 saturated carbocycles. The second-order valence-electron chi connectivity index (χ2n) is 2.79. The first-order chi connectivity index (χ1) is 7.29. The van der Waals surface area contributed by atoms with Crippen molar-refractivity contribution in [3.63, 3.8) is 0 Å². The van der Waals surface area contributed by atoms with E-state index < -0.39 is 0 Å². The van der Waals surface area contributed by atoms with E-state index in [1.54, 1.807) is 13.2 Å². The molecule has 78 valence electrons. The van der Waals surface area contributed by atoms with E-state index in [1.165, 1.54) is 17.3 Å². The van der Waals surface area contributed by atoms with Crippen LogP contribution in [0, 0.1) is 0 Å². The molecule has 0 N–H and O–H groups in total. The Bertz CT molecular complexity index is 458. The van der Waals surface area contributed by atoms with Crippen molar-refractivity contribution >= 4 is 11.6 Å². The summed E-state index contributed by atoms with van der Waals surface area (Å²) >= 11 is 5.70. The maximum Gasteiger partial charge on any atom is 0.342 e. The molecule has 0 fully saturated rings.